The smallest absolute Gasteiger partial charge is 0.407 e. The van der Waals surface area contributed by atoms with Crippen LogP contribution in [0.3, 0.4) is 0 Å². The summed E-state index contributed by atoms with van der Waals surface area (Å²) in [7, 11) is 0. The molecular weight excluding hydrogens is 536 g/mol. The molecule has 3 heterocycles. The summed E-state index contributed by atoms with van der Waals surface area (Å²) < 4.78 is 3.65. The Balaban J connectivity index is 1.31. The molecule has 42 heavy (non-hydrogen) atoms. The Morgan fingerprint density at radius 2 is 1.74 bits per heavy atom. The number of carbonyl (C=O) groups is 2. The van der Waals surface area contributed by atoms with E-state index >= 15 is 0 Å². The molecule has 0 spiro atoms. The first-order valence-electron chi connectivity index (χ1n) is 14.6. The molecule has 2 amide bonds. The van der Waals surface area contributed by atoms with Crippen LogP contribution < -0.4 is 5.56 Å². The molecule has 2 aromatic heterocycles. The van der Waals surface area contributed by atoms with Gasteiger partial charge in [0.1, 0.15) is 0 Å². The largest absolute Gasteiger partial charge is 0.465 e. The second-order valence-electron chi connectivity index (χ2n) is 11.5. The quantitative estimate of drug-likeness (QED) is 0.308. The third-order valence-corrected chi connectivity index (χ3v) is 8.71. The van der Waals surface area contributed by atoms with Crippen LogP contribution in [0.5, 0.6) is 0 Å². The van der Waals surface area contributed by atoms with Crippen molar-refractivity contribution in [3.63, 3.8) is 0 Å². The van der Waals surface area contributed by atoms with Crippen LogP contribution in [-0.2, 0) is 13.1 Å². The summed E-state index contributed by atoms with van der Waals surface area (Å²) in [5, 5.41) is 24.5. The molecule has 11 heteroatoms. The van der Waals surface area contributed by atoms with Crippen molar-refractivity contribution < 1.29 is 19.8 Å². The lowest BCUT2D eigenvalue weighted by molar-refractivity contribution is -0.0111. The van der Waals surface area contributed by atoms with Crippen LogP contribution in [0.2, 0.25) is 0 Å². The molecule has 0 unspecified atom stereocenters. The molecular formula is C31H36N6O5. The van der Waals surface area contributed by atoms with Crippen molar-refractivity contribution in [1.82, 2.24) is 29.1 Å². The standard InChI is InChI=1S/C31H36N6O5/c38-28-24-11-5-6-12-25(24)37(33-28)16-13-23-19-34(30(40)41)17-18-36(23)29(39)26-27(22-9-3-1-4-10-22)35(21-32-26)20-31(42)14-7-2-8-15-31/h1,3-6,9-12,21,23,42H,2,7-8,13-20H2,(H,33,38)(H,40,41)/t23-/m1/s1. The Morgan fingerprint density at radius 3 is 2.50 bits per heavy atom. The maximum atomic E-state index is 14.3. The first-order chi connectivity index (χ1) is 20.3. The topological polar surface area (TPSA) is 137 Å². The molecule has 3 N–H and O–H groups in total. The highest BCUT2D eigenvalue weighted by atomic mass is 16.4. The molecule has 1 atom stereocenters. The van der Waals surface area contributed by atoms with E-state index in [4.69, 9.17) is 0 Å². The Bertz CT molecular complexity index is 1630. The monoisotopic (exact) mass is 572 g/mol. The minimum absolute atomic E-state index is 0.158. The summed E-state index contributed by atoms with van der Waals surface area (Å²) in [6.45, 7) is 1.33. The predicted molar refractivity (Wildman–Crippen MR) is 157 cm³/mol. The van der Waals surface area contributed by atoms with Crippen LogP contribution in [0.1, 0.15) is 49.0 Å². The van der Waals surface area contributed by atoms with Crippen LogP contribution in [0, 0.1) is 0 Å². The number of amides is 2. The highest BCUT2D eigenvalue weighted by molar-refractivity contribution is 5.98. The maximum absolute atomic E-state index is 14.3. The van der Waals surface area contributed by atoms with E-state index in [0.717, 1.165) is 30.3 Å². The summed E-state index contributed by atoms with van der Waals surface area (Å²) in [6, 6.07) is 16.5. The molecule has 2 aromatic carbocycles. The van der Waals surface area contributed by atoms with E-state index in [0.29, 0.717) is 43.4 Å². The van der Waals surface area contributed by atoms with E-state index < -0.39 is 17.7 Å². The number of hydrogen-bond donors (Lipinski definition) is 3. The number of carbonyl (C=O) groups excluding carboxylic acids is 1. The zero-order valence-corrected chi connectivity index (χ0v) is 23.5. The van der Waals surface area contributed by atoms with Crippen molar-refractivity contribution in [2.45, 2.75) is 63.3 Å². The third-order valence-electron chi connectivity index (χ3n) is 8.71. The second-order valence-corrected chi connectivity index (χ2v) is 11.5. The minimum atomic E-state index is -1.03. The van der Waals surface area contributed by atoms with Gasteiger partial charge in [-0.25, -0.2) is 9.78 Å². The van der Waals surface area contributed by atoms with E-state index in [2.05, 4.69) is 10.1 Å². The third kappa shape index (κ3) is 5.44. The molecule has 1 aliphatic heterocycles. The van der Waals surface area contributed by atoms with Crippen molar-refractivity contribution in [1.29, 1.82) is 0 Å². The number of rotatable bonds is 7. The van der Waals surface area contributed by atoms with Crippen LogP contribution in [0.25, 0.3) is 22.2 Å². The molecule has 1 saturated heterocycles. The van der Waals surface area contributed by atoms with Crippen molar-refractivity contribution in [2.75, 3.05) is 19.6 Å². The number of nitrogens with one attached hydrogen (secondary N) is 1. The average molecular weight is 573 g/mol. The van der Waals surface area contributed by atoms with Gasteiger partial charge in [0.2, 0.25) is 0 Å². The molecule has 0 radical (unpaired) electrons. The second kappa shape index (κ2) is 11.5. The maximum Gasteiger partial charge on any atom is 0.407 e. The number of H-pyrrole nitrogens is 1. The van der Waals surface area contributed by atoms with Gasteiger partial charge in [0.15, 0.2) is 5.69 Å². The predicted octanol–water partition coefficient (Wildman–Crippen LogP) is 3.78. The number of imidazole rings is 1. The number of benzene rings is 2. The summed E-state index contributed by atoms with van der Waals surface area (Å²) >= 11 is 0. The van der Waals surface area contributed by atoms with Gasteiger partial charge in [0.25, 0.3) is 11.5 Å². The van der Waals surface area contributed by atoms with Gasteiger partial charge >= 0.3 is 6.09 Å². The lowest BCUT2D eigenvalue weighted by Gasteiger charge is -2.40. The van der Waals surface area contributed by atoms with Gasteiger partial charge in [0, 0.05) is 31.7 Å². The Hall–Kier alpha value is -4.38. The Kier molecular flexibility index (Phi) is 7.59. The van der Waals surface area contributed by atoms with Crippen molar-refractivity contribution in [3.8, 4) is 11.3 Å². The lowest BCUT2D eigenvalue weighted by Crippen LogP contribution is -2.56. The molecule has 2 aliphatic rings. The first kappa shape index (κ1) is 27.8. The Labute approximate surface area is 243 Å². The van der Waals surface area contributed by atoms with E-state index in [9.17, 15) is 24.6 Å². The van der Waals surface area contributed by atoms with E-state index in [1.165, 1.54) is 4.90 Å². The van der Waals surface area contributed by atoms with Gasteiger partial charge in [-0.15, -0.1) is 0 Å². The average Bonchev–Trinajstić information content (AvgIpc) is 3.56. The van der Waals surface area contributed by atoms with Gasteiger partial charge in [0.05, 0.1) is 41.1 Å². The number of hydrogen-bond acceptors (Lipinski definition) is 5. The minimum Gasteiger partial charge on any atom is -0.465 e. The number of nitrogens with zero attached hydrogens (tertiary/aromatic N) is 5. The van der Waals surface area contributed by atoms with E-state index in [1.54, 1.807) is 22.0 Å². The molecule has 2 fully saturated rings. The molecule has 11 nitrogen and oxygen atoms in total. The normalized spacial score (nSPS) is 18.8. The van der Waals surface area contributed by atoms with E-state index in [1.807, 2.05) is 53.1 Å². The van der Waals surface area contributed by atoms with Gasteiger partial charge in [-0.1, -0.05) is 61.7 Å². The van der Waals surface area contributed by atoms with Crippen LogP contribution in [0.4, 0.5) is 4.79 Å². The molecule has 4 aromatic rings. The molecule has 1 saturated carbocycles. The fourth-order valence-corrected chi connectivity index (χ4v) is 6.52. The molecule has 6 rings (SSSR count). The Morgan fingerprint density at radius 1 is 1.00 bits per heavy atom. The number of fused-ring (bicyclic) bond motifs is 1. The van der Waals surface area contributed by atoms with Crippen molar-refractivity contribution in [2.24, 2.45) is 0 Å². The van der Waals surface area contributed by atoms with Crippen molar-refractivity contribution >= 4 is 22.9 Å². The van der Waals surface area contributed by atoms with Gasteiger partial charge in [-0.2, -0.15) is 0 Å². The van der Waals surface area contributed by atoms with Gasteiger partial charge in [-0.3, -0.25) is 19.4 Å². The SMILES string of the molecule is O=C(O)N1CCN(C(=O)c2ncn(CC3(O)CCCCC3)c2-c2ccccc2)[C@H](CCn2[nH]c(=O)c3ccccc32)C1. The number of aromatic nitrogens is 4. The summed E-state index contributed by atoms with van der Waals surface area (Å²) in [4.78, 5) is 46.2. The molecule has 0 bridgehead atoms. The summed E-state index contributed by atoms with van der Waals surface area (Å²) in [5.41, 5.74) is 1.49. The van der Waals surface area contributed by atoms with Crippen LogP contribution in [-0.4, -0.2) is 82.6 Å². The summed E-state index contributed by atoms with van der Waals surface area (Å²) in [5.74, 6) is -0.274. The highest BCUT2D eigenvalue weighted by Gasteiger charge is 2.36. The zero-order valence-electron chi connectivity index (χ0n) is 23.5. The van der Waals surface area contributed by atoms with Crippen LogP contribution in [0.15, 0.2) is 65.7 Å². The molecule has 1 aliphatic carbocycles. The number of aliphatic hydroxyl groups is 1. The number of piperazine rings is 1. The van der Waals surface area contributed by atoms with Gasteiger partial charge in [-0.05, 0) is 31.4 Å². The van der Waals surface area contributed by atoms with Gasteiger partial charge < -0.3 is 24.6 Å². The zero-order chi connectivity index (χ0) is 29.3. The fourth-order valence-electron chi connectivity index (χ4n) is 6.52. The summed E-state index contributed by atoms with van der Waals surface area (Å²) in [6.07, 6.45) is 5.51. The fraction of sp³-hybridized carbons (Fsp3) is 0.419. The van der Waals surface area contributed by atoms with Crippen LogP contribution >= 0.6 is 0 Å². The number of para-hydroxylation sites is 1. The first-order valence-corrected chi connectivity index (χ1v) is 14.6. The lowest BCUT2D eigenvalue weighted by atomic mass is 9.84. The van der Waals surface area contributed by atoms with E-state index in [-0.39, 0.29) is 36.8 Å². The molecule has 220 valence electrons. The number of aryl methyl sites for hydroxylation is 1. The number of carboxylic acid groups (broad SMARTS) is 1. The highest BCUT2D eigenvalue weighted by Crippen LogP contribution is 2.33. The number of aromatic amines is 1. The van der Waals surface area contributed by atoms with Crippen molar-refractivity contribution in [3.05, 3.63) is 77.0 Å².